The van der Waals surface area contributed by atoms with E-state index in [0.29, 0.717) is 28.9 Å². The number of ether oxygens (including phenoxy) is 1. The quantitative estimate of drug-likeness (QED) is 0.743. The minimum Gasteiger partial charge on any atom is -0.492 e. The van der Waals surface area contributed by atoms with Crippen LogP contribution in [0.1, 0.15) is 49.2 Å². The Labute approximate surface area is 149 Å². The Balaban J connectivity index is 2.17. The van der Waals surface area contributed by atoms with Gasteiger partial charge in [-0.2, -0.15) is 0 Å². The predicted octanol–water partition coefficient (Wildman–Crippen LogP) is 5.26. The van der Waals surface area contributed by atoms with Crippen molar-refractivity contribution in [2.45, 2.75) is 33.2 Å². The van der Waals surface area contributed by atoms with Crippen molar-refractivity contribution in [3.8, 4) is 5.75 Å². The van der Waals surface area contributed by atoms with Gasteiger partial charge in [0.05, 0.1) is 17.7 Å². The third-order valence-electron chi connectivity index (χ3n) is 3.71. The Morgan fingerprint density at radius 2 is 1.88 bits per heavy atom. The highest BCUT2D eigenvalue weighted by molar-refractivity contribution is 6.32. The number of carbonyl (C=O) groups excluding carboxylic acids is 1. The molecule has 0 spiro atoms. The number of halogens is 1. The van der Waals surface area contributed by atoms with Crippen molar-refractivity contribution in [1.29, 1.82) is 0 Å². The number of hydrogen-bond donors (Lipinski definition) is 1. The molecule has 1 N–H and O–H groups in total. The molecule has 24 heavy (non-hydrogen) atoms. The molecule has 1 amide bonds. The summed E-state index contributed by atoms with van der Waals surface area (Å²) in [6.07, 6.45) is 0.876. The van der Waals surface area contributed by atoms with Gasteiger partial charge in [-0.15, -0.1) is 0 Å². The molecule has 4 heteroatoms. The molecule has 2 aromatic rings. The van der Waals surface area contributed by atoms with Crippen LogP contribution in [-0.4, -0.2) is 12.5 Å². The second-order valence-corrected chi connectivity index (χ2v) is 6.55. The van der Waals surface area contributed by atoms with Crippen LogP contribution in [-0.2, 0) is 0 Å². The second-order valence-electron chi connectivity index (χ2n) is 6.14. The number of rotatable bonds is 7. The monoisotopic (exact) mass is 345 g/mol. The van der Waals surface area contributed by atoms with Crippen LogP contribution in [0.3, 0.4) is 0 Å². The van der Waals surface area contributed by atoms with E-state index in [1.54, 1.807) is 18.2 Å². The molecule has 0 saturated heterocycles. The fourth-order valence-corrected chi connectivity index (χ4v) is 2.83. The van der Waals surface area contributed by atoms with Crippen LogP contribution in [0.4, 0.5) is 0 Å². The highest BCUT2D eigenvalue weighted by Crippen LogP contribution is 2.26. The van der Waals surface area contributed by atoms with Crippen LogP contribution in [0.15, 0.2) is 48.5 Å². The van der Waals surface area contributed by atoms with Gasteiger partial charge in [0.1, 0.15) is 5.75 Å². The molecule has 1 atom stereocenters. The summed E-state index contributed by atoms with van der Waals surface area (Å²) in [5.41, 5.74) is 1.64. The van der Waals surface area contributed by atoms with E-state index in [2.05, 4.69) is 19.2 Å². The first-order valence-corrected chi connectivity index (χ1v) is 8.67. The summed E-state index contributed by atoms with van der Waals surface area (Å²) in [4.78, 5) is 12.6. The van der Waals surface area contributed by atoms with Gasteiger partial charge in [0, 0.05) is 5.56 Å². The number of hydrogen-bond acceptors (Lipinski definition) is 2. The van der Waals surface area contributed by atoms with Gasteiger partial charge in [0.2, 0.25) is 0 Å². The Kier molecular flexibility index (Phi) is 6.68. The predicted molar refractivity (Wildman–Crippen MR) is 98.7 cm³/mol. The smallest absolute Gasteiger partial charge is 0.251 e. The highest BCUT2D eigenvalue weighted by atomic mass is 35.5. The molecule has 0 aliphatic rings. The standard InChI is InChI=1S/C20H24ClNO2/c1-4-24-19-11-10-16(13-17(19)21)20(23)22-18(12-14(2)3)15-8-6-5-7-9-15/h5-11,13-14,18H,4,12H2,1-3H3,(H,22,23)/t18-/m1/s1. The van der Waals surface area contributed by atoms with Crippen molar-refractivity contribution in [2.75, 3.05) is 6.61 Å². The summed E-state index contributed by atoms with van der Waals surface area (Å²) >= 11 is 6.19. The lowest BCUT2D eigenvalue weighted by molar-refractivity contribution is 0.0932. The molecular formula is C20H24ClNO2. The molecule has 0 fully saturated rings. The maximum absolute atomic E-state index is 12.6. The molecule has 3 nitrogen and oxygen atoms in total. The number of amides is 1. The largest absolute Gasteiger partial charge is 0.492 e. The van der Waals surface area contributed by atoms with Gasteiger partial charge < -0.3 is 10.1 Å². The summed E-state index contributed by atoms with van der Waals surface area (Å²) in [6.45, 7) is 6.73. The molecule has 2 aromatic carbocycles. The Morgan fingerprint density at radius 3 is 2.46 bits per heavy atom. The van der Waals surface area contributed by atoms with Crippen molar-refractivity contribution in [2.24, 2.45) is 5.92 Å². The van der Waals surface area contributed by atoms with Crippen molar-refractivity contribution in [3.63, 3.8) is 0 Å². The van der Waals surface area contributed by atoms with Crippen molar-refractivity contribution >= 4 is 17.5 Å². The zero-order valence-electron chi connectivity index (χ0n) is 14.4. The maximum Gasteiger partial charge on any atom is 0.251 e. The number of nitrogens with one attached hydrogen (secondary N) is 1. The molecule has 0 radical (unpaired) electrons. The van der Waals surface area contributed by atoms with E-state index in [9.17, 15) is 4.79 Å². The third kappa shape index (κ3) is 5.00. The lowest BCUT2D eigenvalue weighted by atomic mass is 9.96. The Bertz CT molecular complexity index is 671. The van der Waals surface area contributed by atoms with Gasteiger partial charge in [0.25, 0.3) is 5.91 Å². The van der Waals surface area contributed by atoms with E-state index >= 15 is 0 Å². The molecule has 0 aliphatic heterocycles. The second kappa shape index (κ2) is 8.74. The normalized spacial score (nSPS) is 12.0. The molecule has 0 aromatic heterocycles. The topological polar surface area (TPSA) is 38.3 Å². The van der Waals surface area contributed by atoms with Gasteiger partial charge in [-0.1, -0.05) is 55.8 Å². The van der Waals surface area contributed by atoms with Crippen LogP contribution in [0.2, 0.25) is 5.02 Å². The summed E-state index contributed by atoms with van der Waals surface area (Å²) in [5, 5.41) is 3.57. The number of carbonyl (C=O) groups is 1. The molecule has 0 saturated carbocycles. The van der Waals surface area contributed by atoms with Gasteiger partial charge in [0.15, 0.2) is 0 Å². The molecule has 0 heterocycles. The van der Waals surface area contributed by atoms with E-state index in [1.165, 1.54) is 0 Å². The minimum atomic E-state index is -0.130. The van der Waals surface area contributed by atoms with Crippen LogP contribution in [0.25, 0.3) is 0 Å². The lowest BCUT2D eigenvalue weighted by Gasteiger charge is -2.21. The van der Waals surface area contributed by atoms with Crippen LogP contribution in [0, 0.1) is 5.92 Å². The van der Waals surface area contributed by atoms with Crippen molar-refractivity contribution < 1.29 is 9.53 Å². The molecular weight excluding hydrogens is 322 g/mol. The summed E-state index contributed by atoms with van der Waals surface area (Å²) in [6, 6.07) is 15.1. The Morgan fingerprint density at radius 1 is 1.17 bits per heavy atom. The highest BCUT2D eigenvalue weighted by Gasteiger charge is 2.18. The molecule has 128 valence electrons. The average Bonchev–Trinajstić information content (AvgIpc) is 2.56. The first-order valence-electron chi connectivity index (χ1n) is 8.29. The van der Waals surface area contributed by atoms with Crippen LogP contribution in [0.5, 0.6) is 5.75 Å². The number of benzene rings is 2. The Hall–Kier alpha value is -2.00. The third-order valence-corrected chi connectivity index (χ3v) is 4.00. The fourth-order valence-electron chi connectivity index (χ4n) is 2.59. The van der Waals surface area contributed by atoms with E-state index < -0.39 is 0 Å². The maximum atomic E-state index is 12.6. The molecule has 0 unspecified atom stereocenters. The van der Waals surface area contributed by atoms with Gasteiger partial charge in [-0.3, -0.25) is 4.79 Å². The van der Waals surface area contributed by atoms with E-state index in [1.807, 2.05) is 37.3 Å². The summed E-state index contributed by atoms with van der Waals surface area (Å²) in [5.74, 6) is 0.936. The molecule has 2 rings (SSSR count). The zero-order chi connectivity index (χ0) is 17.5. The summed E-state index contributed by atoms with van der Waals surface area (Å²) < 4.78 is 5.41. The lowest BCUT2D eigenvalue weighted by Crippen LogP contribution is -2.29. The zero-order valence-corrected chi connectivity index (χ0v) is 15.1. The van der Waals surface area contributed by atoms with Gasteiger partial charge in [-0.05, 0) is 43.0 Å². The first kappa shape index (κ1) is 18.3. The summed E-state index contributed by atoms with van der Waals surface area (Å²) in [7, 11) is 0. The average molecular weight is 346 g/mol. The first-order chi connectivity index (χ1) is 11.5. The fraction of sp³-hybridized carbons (Fsp3) is 0.350. The van der Waals surface area contributed by atoms with E-state index in [-0.39, 0.29) is 11.9 Å². The van der Waals surface area contributed by atoms with Gasteiger partial charge in [-0.25, -0.2) is 0 Å². The minimum absolute atomic E-state index is 0.0240. The van der Waals surface area contributed by atoms with E-state index in [0.717, 1.165) is 12.0 Å². The van der Waals surface area contributed by atoms with Crippen LogP contribution < -0.4 is 10.1 Å². The van der Waals surface area contributed by atoms with E-state index in [4.69, 9.17) is 16.3 Å². The van der Waals surface area contributed by atoms with Crippen molar-refractivity contribution in [1.82, 2.24) is 5.32 Å². The van der Waals surface area contributed by atoms with Gasteiger partial charge >= 0.3 is 0 Å². The SMILES string of the molecule is CCOc1ccc(C(=O)N[C@H](CC(C)C)c2ccccc2)cc1Cl. The molecule has 0 bridgehead atoms. The van der Waals surface area contributed by atoms with Crippen LogP contribution >= 0.6 is 11.6 Å². The van der Waals surface area contributed by atoms with Crippen molar-refractivity contribution in [3.05, 3.63) is 64.7 Å². The molecule has 0 aliphatic carbocycles.